The molecule has 1 atom stereocenters. The number of halogens is 2. The van der Waals surface area contributed by atoms with Gasteiger partial charge in [0.2, 0.25) is 0 Å². The molecule has 0 radical (unpaired) electrons. The minimum absolute atomic E-state index is 0.184. The number of pyridine rings is 1. The lowest BCUT2D eigenvalue weighted by atomic mass is 10.0. The van der Waals surface area contributed by atoms with Gasteiger partial charge in [-0.3, -0.25) is 14.9 Å². The van der Waals surface area contributed by atoms with Crippen LogP contribution in [0.25, 0.3) is 22.6 Å². The van der Waals surface area contributed by atoms with E-state index in [2.05, 4.69) is 5.32 Å². The summed E-state index contributed by atoms with van der Waals surface area (Å²) in [4.78, 5) is 41.4. The molecule has 3 aromatic carbocycles. The van der Waals surface area contributed by atoms with Gasteiger partial charge in [-0.25, -0.2) is 14.2 Å². The topological polar surface area (TPSA) is 111 Å². The zero-order valence-corrected chi connectivity index (χ0v) is 21.4. The van der Waals surface area contributed by atoms with Crippen LogP contribution in [0.2, 0.25) is 5.02 Å². The van der Waals surface area contributed by atoms with E-state index in [1.165, 1.54) is 43.3 Å². The summed E-state index contributed by atoms with van der Waals surface area (Å²) < 4.78 is 20.0. The smallest absolute Gasteiger partial charge is 0.339 e. The molecule has 0 spiro atoms. The molecular weight excluding hydrogens is 525 g/mol. The largest absolute Gasteiger partial charge is 0.449 e. The van der Waals surface area contributed by atoms with Crippen LogP contribution in [0.15, 0.2) is 66.7 Å². The minimum Gasteiger partial charge on any atom is -0.449 e. The van der Waals surface area contributed by atoms with Crippen LogP contribution in [0.5, 0.6) is 0 Å². The number of amides is 1. The Morgan fingerprint density at radius 3 is 2.67 bits per heavy atom. The van der Waals surface area contributed by atoms with Crippen LogP contribution in [0.1, 0.15) is 40.5 Å². The normalized spacial score (nSPS) is 14.2. The van der Waals surface area contributed by atoms with Crippen molar-refractivity contribution in [2.24, 2.45) is 0 Å². The van der Waals surface area contributed by atoms with E-state index >= 15 is 0 Å². The fraction of sp³-hybridized carbons (Fsp3) is 0.138. The number of nitrogens with zero attached hydrogens (tertiary/aromatic N) is 2. The molecule has 1 amide bonds. The Morgan fingerprint density at radius 2 is 1.90 bits per heavy atom. The van der Waals surface area contributed by atoms with Crippen LogP contribution in [0.4, 0.5) is 15.8 Å². The number of ether oxygens (including phenoxy) is 1. The van der Waals surface area contributed by atoms with Crippen molar-refractivity contribution in [1.82, 2.24) is 4.98 Å². The molecule has 1 unspecified atom stereocenters. The number of fused-ring (bicyclic) bond motifs is 2. The van der Waals surface area contributed by atoms with Gasteiger partial charge in [0.1, 0.15) is 5.82 Å². The first-order valence-electron chi connectivity index (χ1n) is 12.1. The number of rotatable bonds is 6. The van der Waals surface area contributed by atoms with Gasteiger partial charge < -0.3 is 10.1 Å². The summed E-state index contributed by atoms with van der Waals surface area (Å²) in [7, 11) is 0. The number of allylic oxidation sites excluding steroid dienone is 1. The van der Waals surface area contributed by atoms with Crippen LogP contribution in [-0.2, 0) is 16.0 Å². The Labute approximate surface area is 227 Å². The van der Waals surface area contributed by atoms with Crippen molar-refractivity contribution in [2.75, 3.05) is 5.32 Å². The number of para-hydroxylation sites is 1. The molecule has 0 fully saturated rings. The van der Waals surface area contributed by atoms with E-state index in [0.29, 0.717) is 35.0 Å². The zero-order valence-electron chi connectivity index (χ0n) is 20.6. The first kappa shape index (κ1) is 26.0. The minimum atomic E-state index is -1.20. The Hall–Kier alpha value is -4.63. The highest BCUT2D eigenvalue weighted by Gasteiger charge is 2.30. The third-order valence-electron chi connectivity index (χ3n) is 6.44. The fourth-order valence-corrected chi connectivity index (χ4v) is 4.77. The average molecular weight is 546 g/mol. The van der Waals surface area contributed by atoms with E-state index in [0.717, 1.165) is 5.57 Å². The Kier molecular flexibility index (Phi) is 7.08. The molecule has 8 nitrogen and oxygen atoms in total. The Morgan fingerprint density at radius 1 is 1.13 bits per heavy atom. The first-order valence-corrected chi connectivity index (χ1v) is 12.4. The number of benzene rings is 3. The molecule has 1 aliphatic carbocycles. The van der Waals surface area contributed by atoms with Crippen molar-refractivity contribution in [3.8, 4) is 0 Å². The second-order valence-electron chi connectivity index (χ2n) is 8.98. The molecule has 1 N–H and O–H groups in total. The van der Waals surface area contributed by atoms with Gasteiger partial charge in [0.05, 0.1) is 26.7 Å². The third kappa shape index (κ3) is 5.21. The summed E-state index contributed by atoms with van der Waals surface area (Å²) in [5.41, 5.74) is 3.02. The van der Waals surface area contributed by atoms with Crippen LogP contribution in [0, 0.1) is 15.9 Å². The van der Waals surface area contributed by atoms with Gasteiger partial charge in [-0.2, -0.15) is 0 Å². The number of nitro benzene ring substituents is 1. The molecule has 1 aromatic heterocycles. The quantitative estimate of drug-likeness (QED) is 0.166. The third-order valence-corrected chi connectivity index (χ3v) is 6.77. The fourth-order valence-electron chi connectivity index (χ4n) is 4.55. The van der Waals surface area contributed by atoms with Gasteiger partial charge in [0, 0.05) is 28.8 Å². The Balaban J connectivity index is 1.46. The predicted octanol–water partition coefficient (Wildman–Crippen LogP) is 6.61. The number of aromatic nitrogens is 1. The zero-order chi connectivity index (χ0) is 27.7. The lowest BCUT2D eigenvalue weighted by Gasteiger charge is -2.16. The molecule has 39 heavy (non-hydrogen) atoms. The SMILES string of the molecule is CC(OC(=O)c1c2c(nc3ccccc13)C(=Cc1c(F)cccc1Cl)CC2)C(=O)Nc1cccc([N+](=O)[O-])c1. The van der Waals surface area contributed by atoms with Gasteiger partial charge >= 0.3 is 5.97 Å². The lowest BCUT2D eigenvalue weighted by Crippen LogP contribution is -2.30. The molecule has 0 bridgehead atoms. The van der Waals surface area contributed by atoms with Crippen molar-refractivity contribution in [3.63, 3.8) is 0 Å². The first-order chi connectivity index (χ1) is 18.7. The van der Waals surface area contributed by atoms with Crippen molar-refractivity contribution in [3.05, 3.63) is 110 Å². The lowest BCUT2D eigenvalue weighted by molar-refractivity contribution is -0.384. The monoisotopic (exact) mass is 545 g/mol. The number of nitro groups is 1. The summed E-state index contributed by atoms with van der Waals surface area (Å²) in [5.74, 6) is -1.82. The van der Waals surface area contributed by atoms with Crippen molar-refractivity contribution < 1.29 is 23.6 Å². The van der Waals surface area contributed by atoms with Crippen molar-refractivity contribution in [1.29, 1.82) is 0 Å². The second kappa shape index (κ2) is 10.6. The number of esters is 1. The maximum absolute atomic E-state index is 14.5. The van der Waals surface area contributed by atoms with Gasteiger partial charge in [-0.05, 0) is 61.2 Å². The number of carbonyl (C=O) groups is 2. The van der Waals surface area contributed by atoms with Crippen LogP contribution in [-0.4, -0.2) is 27.9 Å². The van der Waals surface area contributed by atoms with Gasteiger partial charge in [-0.15, -0.1) is 0 Å². The average Bonchev–Trinajstić information content (AvgIpc) is 3.31. The van der Waals surface area contributed by atoms with Crippen molar-refractivity contribution in [2.45, 2.75) is 25.9 Å². The summed E-state index contributed by atoms with van der Waals surface area (Å²) >= 11 is 6.23. The highest BCUT2D eigenvalue weighted by molar-refractivity contribution is 6.32. The Bertz CT molecular complexity index is 1670. The van der Waals surface area contributed by atoms with Crippen LogP contribution < -0.4 is 5.32 Å². The molecule has 5 rings (SSSR count). The molecule has 10 heteroatoms. The number of anilines is 1. The summed E-state index contributed by atoms with van der Waals surface area (Å²) in [6.45, 7) is 1.42. The van der Waals surface area contributed by atoms with Crippen LogP contribution in [0.3, 0.4) is 0 Å². The number of hydrogen-bond acceptors (Lipinski definition) is 6. The second-order valence-corrected chi connectivity index (χ2v) is 9.39. The molecule has 0 aliphatic heterocycles. The molecule has 196 valence electrons. The van der Waals surface area contributed by atoms with E-state index in [1.807, 2.05) is 0 Å². The number of hydrogen-bond donors (Lipinski definition) is 1. The standard InChI is InChI=1S/C29H21ClFN3O5/c1-16(28(35)32-18-6-4-7-19(15-18)34(37)38)39-29(36)26-20-8-2-3-11-25(20)33-27-17(12-13-21(26)27)14-22-23(30)9-5-10-24(22)31/h2-11,14-16H,12-13H2,1H3,(H,32,35). The van der Waals surface area contributed by atoms with E-state index in [9.17, 15) is 24.1 Å². The molecule has 0 saturated carbocycles. The highest BCUT2D eigenvalue weighted by Crippen LogP contribution is 2.39. The number of nitrogens with one attached hydrogen (secondary N) is 1. The number of carbonyl (C=O) groups excluding carboxylic acids is 2. The maximum Gasteiger partial charge on any atom is 0.339 e. The molecule has 0 saturated heterocycles. The molecule has 1 heterocycles. The van der Waals surface area contributed by atoms with Crippen molar-refractivity contribution >= 4 is 57.4 Å². The van der Waals surface area contributed by atoms with E-state index in [-0.39, 0.29) is 27.5 Å². The summed E-state index contributed by atoms with van der Waals surface area (Å²) in [6, 6.07) is 17.0. The molecule has 4 aromatic rings. The highest BCUT2D eigenvalue weighted by atomic mass is 35.5. The van der Waals surface area contributed by atoms with Crippen LogP contribution >= 0.6 is 11.6 Å². The number of non-ortho nitro benzene ring substituents is 1. The molecular formula is C29H21ClFN3O5. The van der Waals surface area contributed by atoms with Gasteiger partial charge in [0.25, 0.3) is 11.6 Å². The maximum atomic E-state index is 14.5. The van der Waals surface area contributed by atoms with E-state index in [1.54, 1.807) is 36.4 Å². The van der Waals surface area contributed by atoms with Gasteiger partial charge in [0.15, 0.2) is 6.10 Å². The van der Waals surface area contributed by atoms with Gasteiger partial charge in [-0.1, -0.05) is 41.9 Å². The van der Waals surface area contributed by atoms with E-state index < -0.39 is 28.7 Å². The van der Waals surface area contributed by atoms with E-state index in [4.69, 9.17) is 21.3 Å². The molecule has 1 aliphatic rings. The summed E-state index contributed by atoms with van der Waals surface area (Å²) in [6.07, 6.45) is 1.42. The summed E-state index contributed by atoms with van der Waals surface area (Å²) in [5, 5.41) is 14.4. The predicted molar refractivity (Wildman–Crippen MR) is 146 cm³/mol.